The Morgan fingerprint density at radius 2 is 2.14 bits per heavy atom. The van der Waals surface area contributed by atoms with Gasteiger partial charge in [0.2, 0.25) is 5.91 Å². The van der Waals surface area contributed by atoms with Crippen LogP contribution < -0.4 is 15.8 Å². The van der Waals surface area contributed by atoms with Crippen LogP contribution in [0.3, 0.4) is 0 Å². The molecule has 0 aliphatic heterocycles. The number of carbonyl (C=O) groups is 1. The van der Waals surface area contributed by atoms with Crippen LogP contribution in [0.5, 0.6) is 5.75 Å². The van der Waals surface area contributed by atoms with E-state index in [1.54, 1.807) is 25.3 Å². The van der Waals surface area contributed by atoms with E-state index in [1.165, 1.54) is 0 Å². The number of ether oxygens (including phenoxy) is 1. The zero-order valence-corrected chi connectivity index (χ0v) is 12.8. The van der Waals surface area contributed by atoms with Gasteiger partial charge in [-0.1, -0.05) is 6.92 Å². The Morgan fingerprint density at radius 1 is 1.38 bits per heavy atom. The molecule has 0 atom stereocenters. The van der Waals surface area contributed by atoms with Gasteiger partial charge < -0.3 is 25.8 Å². The molecule has 0 spiro atoms. The molecule has 0 fully saturated rings. The lowest BCUT2D eigenvalue weighted by atomic mass is 10.2. The molecule has 0 aliphatic carbocycles. The number of methoxy groups -OCH3 is 1. The van der Waals surface area contributed by atoms with E-state index in [4.69, 9.17) is 15.6 Å². The molecule has 6 heteroatoms. The predicted octanol–water partition coefficient (Wildman–Crippen LogP) is 1.31. The van der Waals surface area contributed by atoms with E-state index in [-0.39, 0.29) is 12.5 Å². The first-order valence-corrected chi connectivity index (χ1v) is 7.17. The highest BCUT2D eigenvalue weighted by Gasteiger charge is 2.09. The van der Waals surface area contributed by atoms with Gasteiger partial charge in [0.25, 0.3) is 0 Å². The zero-order valence-electron chi connectivity index (χ0n) is 12.8. The maximum atomic E-state index is 11.9. The van der Waals surface area contributed by atoms with Gasteiger partial charge in [-0.2, -0.15) is 0 Å². The Balaban J connectivity index is 2.49. The summed E-state index contributed by atoms with van der Waals surface area (Å²) in [6.45, 7) is 4.26. The number of nitrogens with zero attached hydrogens (tertiary/aromatic N) is 1. The maximum absolute atomic E-state index is 11.9. The van der Waals surface area contributed by atoms with E-state index in [0.717, 1.165) is 13.0 Å². The van der Waals surface area contributed by atoms with Gasteiger partial charge in [-0.3, -0.25) is 4.79 Å². The van der Waals surface area contributed by atoms with Gasteiger partial charge in [0.1, 0.15) is 5.75 Å². The number of hydrogen-bond donors (Lipinski definition) is 3. The van der Waals surface area contributed by atoms with Crippen molar-refractivity contribution in [3.05, 3.63) is 18.2 Å². The van der Waals surface area contributed by atoms with Gasteiger partial charge in [0.15, 0.2) is 0 Å². The lowest BCUT2D eigenvalue weighted by molar-refractivity contribution is -0.116. The Hall–Kier alpha value is -1.79. The summed E-state index contributed by atoms with van der Waals surface area (Å²) in [6, 6.07) is 5.15. The van der Waals surface area contributed by atoms with E-state index in [2.05, 4.69) is 17.1 Å². The van der Waals surface area contributed by atoms with E-state index < -0.39 is 0 Å². The van der Waals surface area contributed by atoms with Crippen molar-refractivity contribution in [3.8, 4) is 5.75 Å². The van der Waals surface area contributed by atoms with Crippen molar-refractivity contribution >= 4 is 17.3 Å². The normalized spacial score (nSPS) is 10.7. The number of rotatable bonds is 9. The number of amides is 1. The van der Waals surface area contributed by atoms with Crippen LogP contribution in [0.1, 0.15) is 19.8 Å². The largest absolute Gasteiger partial charge is 0.497 e. The monoisotopic (exact) mass is 295 g/mol. The van der Waals surface area contributed by atoms with Crippen molar-refractivity contribution in [2.45, 2.75) is 19.8 Å². The summed E-state index contributed by atoms with van der Waals surface area (Å²) in [5.41, 5.74) is 6.92. The third kappa shape index (κ3) is 6.01. The Labute approximate surface area is 125 Å². The number of hydrogen-bond acceptors (Lipinski definition) is 5. The van der Waals surface area contributed by atoms with E-state index in [9.17, 15) is 4.79 Å². The number of anilines is 2. The van der Waals surface area contributed by atoms with Crippen LogP contribution in [0.25, 0.3) is 0 Å². The van der Waals surface area contributed by atoms with Crippen LogP contribution in [0.4, 0.5) is 11.4 Å². The Kier molecular flexibility index (Phi) is 7.56. The molecule has 0 bridgehead atoms. The number of nitrogen functional groups attached to an aromatic ring is 1. The number of carbonyl (C=O) groups excluding carboxylic acids is 1. The van der Waals surface area contributed by atoms with Gasteiger partial charge in [-0.15, -0.1) is 0 Å². The van der Waals surface area contributed by atoms with E-state index in [0.29, 0.717) is 36.6 Å². The van der Waals surface area contributed by atoms with E-state index >= 15 is 0 Å². The van der Waals surface area contributed by atoms with Crippen LogP contribution in [0.15, 0.2) is 18.2 Å². The predicted molar refractivity (Wildman–Crippen MR) is 84.5 cm³/mol. The van der Waals surface area contributed by atoms with Crippen LogP contribution >= 0.6 is 0 Å². The molecular weight excluding hydrogens is 270 g/mol. The standard InChI is InChI=1S/C15H25N3O3/c1-3-7-18(9-10-19)8-6-15(20)17-14-5-4-12(21-2)11-13(14)16/h4-5,11,19H,3,6-10,16H2,1-2H3,(H,17,20). The van der Waals surface area contributed by atoms with Crippen molar-refractivity contribution in [1.29, 1.82) is 0 Å². The number of benzene rings is 1. The smallest absolute Gasteiger partial charge is 0.225 e. The molecule has 0 aliphatic rings. The minimum atomic E-state index is -0.0918. The van der Waals surface area contributed by atoms with Crippen LogP contribution in [0, 0.1) is 0 Å². The topological polar surface area (TPSA) is 87.8 Å². The minimum Gasteiger partial charge on any atom is -0.497 e. The molecule has 6 nitrogen and oxygen atoms in total. The maximum Gasteiger partial charge on any atom is 0.225 e. The molecule has 0 heterocycles. The molecule has 0 unspecified atom stereocenters. The number of aliphatic hydroxyl groups is 1. The summed E-state index contributed by atoms with van der Waals surface area (Å²) in [4.78, 5) is 14.0. The second-order valence-electron chi connectivity index (χ2n) is 4.82. The van der Waals surface area contributed by atoms with E-state index in [1.807, 2.05) is 0 Å². The summed E-state index contributed by atoms with van der Waals surface area (Å²) in [7, 11) is 1.57. The average Bonchev–Trinajstić information content (AvgIpc) is 2.47. The highest BCUT2D eigenvalue weighted by atomic mass is 16.5. The van der Waals surface area contributed by atoms with Gasteiger partial charge in [-0.05, 0) is 25.1 Å². The first-order valence-electron chi connectivity index (χ1n) is 7.17. The summed E-state index contributed by atoms with van der Waals surface area (Å²) in [5.74, 6) is 0.563. The fourth-order valence-corrected chi connectivity index (χ4v) is 2.05. The highest BCUT2D eigenvalue weighted by molar-refractivity contribution is 5.94. The Bertz CT molecular complexity index is 446. The second-order valence-corrected chi connectivity index (χ2v) is 4.82. The molecular formula is C15H25N3O3. The molecule has 0 saturated heterocycles. The quantitative estimate of drug-likeness (QED) is 0.598. The first kappa shape index (κ1) is 17.3. The molecule has 4 N–H and O–H groups in total. The van der Waals surface area contributed by atoms with Gasteiger partial charge in [0, 0.05) is 25.6 Å². The van der Waals surface area contributed by atoms with Crippen LogP contribution in [-0.2, 0) is 4.79 Å². The molecule has 118 valence electrons. The van der Waals surface area contributed by atoms with Gasteiger partial charge in [0.05, 0.1) is 25.1 Å². The molecule has 1 amide bonds. The minimum absolute atomic E-state index is 0.0918. The fourth-order valence-electron chi connectivity index (χ4n) is 2.05. The molecule has 1 rings (SSSR count). The average molecular weight is 295 g/mol. The van der Waals surface area contributed by atoms with Crippen molar-refractivity contribution in [2.75, 3.05) is 44.4 Å². The zero-order chi connectivity index (χ0) is 15.7. The fraction of sp³-hybridized carbons (Fsp3) is 0.533. The summed E-state index contributed by atoms with van der Waals surface area (Å²) < 4.78 is 5.06. The summed E-state index contributed by atoms with van der Waals surface area (Å²) in [5, 5.41) is 11.8. The number of nitrogens with two attached hydrogens (primary N) is 1. The molecule has 0 aromatic heterocycles. The molecule has 0 saturated carbocycles. The summed E-state index contributed by atoms with van der Waals surface area (Å²) in [6.07, 6.45) is 1.36. The lowest BCUT2D eigenvalue weighted by Gasteiger charge is -2.20. The molecule has 21 heavy (non-hydrogen) atoms. The highest BCUT2D eigenvalue weighted by Crippen LogP contribution is 2.24. The first-order chi connectivity index (χ1) is 10.1. The van der Waals surface area contributed by atoms with Crippen molar-refractivity contribution in [2.24, 2.45) is 0 Å². The van der Waals surface area contributed by atoms with Gasteiger partial charge >= 0.3 is 0 Å². The van der Waals surface area contributed by atoms with Crippen LogP contribution in [0.2, 0.25) is 0 Å². The number of nitrogens with one attached hydrogen (secondary N) is 1. The summed E-state index contributed by atoms with van der Waals surface area (Å²) >= 11 is 0. The number of aliphatic hydroxyl groups excluding tert-OH is 1. The van der Waals surface area contributed by atoms with Crippen LogP contribution in [-0.4, -0.2) is 49.3 Å². The SMILES string of the molecule is CCCN(CCO)CCC(=O)Nc1ccc(OC)cc1N. The van der Waals surface area contributed by atoms with Crippen molar-refractivity contribution < 1.29 is 14.6 Å². The second kappa shape index (κ2) is 9.20. The molecule has 1 aromatic rings. The van der Waals surface area contributed by atoms with Crippen molar-refractivity contribution in [3.63, 3.8) is 0 Å². The van der Waals surface area contributed by atoms with Gasteiger partial charge in [-0.25, -0.2) is 0 Å². The van der Waals surface area contributed by atoms with Crippen molar-refractivity contribution in [1.82, 2.24) is 4.90 Å². The lowest BCUT2D eigenvalue weighted by Crippen LogP contribution is -2.31. The molecule has 0 radical (unpaired) electrons. The molecule has 1 aromatic carbocycles. The Morgan fingerprint density at radius 3 is 2.71 bits per heavy atom. The third-order valence-corrected chi connectivity index (χ3v) is 3.14. The third-order valence-electron chi connectivity index (χ3n) is 3.14.